The van der Waals surface area contributed by atoms with Crippen molar-refractivity contribution in [1.29, 1.82) is 0 Å². The third kappa shape index (κ3) is 5.25. The molecule has 13 heteroatoms. The first kappa shape index (κ1) is 29.6. The average molecular weight is 601 g/mol. The largest absolute Gasteiger partial charge is 0.504 e. The molecule has 42 heavy (non-hydrogen) atoms. The Morgan fingerprint density at radius 1 is 1.19 bits per heavy atom. The molecule has 10 nitrogen and oxygen atoms in total. The topological polar surface area (TPSA) is 126 Å². The fraction of sp³-hybridized carbons (Fsp3) is 0.379. The van der Waals surface area contributed by atoms with Crippen molar-refractivity contribution in [3.63, 3.8) is 0 Å². The molecule has 0 radical (unpaired) electrons. The number of anilines is 1. The molecular weight excluding hydrogens is 570 g/mol. The second-order valence-corrected chi connectivity index (χ2v) is 11.0. The van der Waals surface area contributed by atoms with Crippen molar-refractivity contribution < 1.29 is 23.7 Å². The maximum absolute atomic E-state index is 15.1. The number of aliphatic hydroxyl groups is 1. The smallest absolute Gasteiger partial charge is 0.356 e. The van der Waals surface area contributed by atoms with Gasteiger partial charge in [0.1, 0.15) is 29.7 Å². The van der Waals surface area contributed by atoms with E-state index in [4.69, 9.17) is 16.3 Å². The number of phenols is 1. The fourth-order valence-corrected chi connectivity index (χ4v) is 5.40. The van der Waals surface area contributed by atoms with Crippen molar-refractivity contribution >= 4 is 28.5 Å². The minimum atomic E-state index is -1.06. The lowest BCUT2D eigenvalue weighted by atomic mass is 10.1. The van der Waals surface area contributed by atoms with Crippen LogP contribution in [0, 0.1) is 11.6 Å². The van der Waals surface area contributed by atoms with Gasteiger partial charge >= 0.3 is 5.69 Å². The molecule has 2 atom stereocenters. The van der Waals surface area contributed by atoms with Crippen LogP contribution in [0.1, 0.15) is 39.3 Å². The van der Waals surface area contributed by atoms with Gasteiger partial charge in [-0.15, -0.1) is 0 Å². The number of phenolic OH excluding ortho intramolecular Hbond substituents is 1. The van der Waals surface area contributed by atoms with Crippen LogP contribution in [0.25, 0.3) is 28.0 Å². The zero-order chi connectivity index (χ0) is 30.3. The molecule has 1 aliphatic rings. The van der Waals surface area contributed by atoms with Crippen LogP contribution in [0.5, 0.6) is 11.5 Å². The number of hydrogen-bond acceptors (Lipinski definition) is 9. The van der Waals surface area contributed by atoms with E-state index in [0.29, 0.717) is 30.0 Å². The van der Waals surface area contributed by atoms with E-state index in [2.05, 4.69) is 20.3 Å². The van der Waals surface area contributed by atoms with Gasteiger partial charge in [0.25, 0.3) is 0 Å². The molecule has 222 valence electrons. The maximum Gasteiger partial charge on any atom is 0.356 e. The van der Waals surface area contributed by atoms with Gasteiger partial charge in [0, 0.05) is 37.4 Å². The van der Waals surface area contributed by atoms with Crippen molar-refractivity contribution in [2.24, 2.45) is 0 Å². The van der Waals surface area contributed by atoms with Gasteiger partial charge in [0.05, 0.1) is 34.0 Å². The summed E-state index contributed by atoms with van der Waals surface area (Å²) in [6.45, 7) is 8.59. The first-order chi connectivity index (χ1) is 20.0. The number of aromatic hydroxyl groups is 1. The molecule has 0 saturated carbocycles. The van der Waals surface area contributed by atoms with Crippen molar-refractivity contribution in [2.45, 2.75) is 45.7 Å². The monoisotopic (exact) mass is 600 g/mol. The lowest BCUT2D eigenvalue weighted by molar-refractivity contribution is 0.201. The van der Waals surface area contributed by atoms with E-state index < -0.39 is 28.6 Å². The highest BCUT2D eigenvalue weighted by Crippen LogP contribution is 2.40. The van der Waals surface area contributed by atoms with Gasteiger partial charge in [-0.3, -0.25) is 4.98 Å². The summed E-state index contributed by atoms with van der Waals surface area (Å²) in [5.41, 5.74) is -0.792. The fourth-order valence-electron chi connectivity index (χ4n) is 5.16. The summed E-state index contributed by atoms with van der Waals surface area (Å²) in [5.74, 6) is -2.60. The number of ether oxygens (including phenoxy) is 1. The van der Waals surface area contributed by atoms with E-state index in [9.17, 15) is 19.4 Å². The first-order valence-corrected chi connectivity index (χ1v) is 13.9. The molecular formula is C29H31ClF2N6O4. The molecule has 1 saturated heterocycles. The number of fused-ring (bicyclic) bond motifs is 1. The van der Waals surface area contributed by atoms with E-state index in [1.165, 1.54) is 16.8 Å². The summed E-state index contributed by atoms with van der Waals surface area (Å²) in [4.78, 5) is 29.6. The van der Waals surface area contributed by atoms with Crippen LogP contribution in [-0.2, 0) is 0 Å². The molecule has 3 N–H and O–H groups in total. The van der Waals surface area contributed by atoms with Crippen molar-refractivity contribution in [3.8, 4) is 28.4 Å². The molecule has 4 aromatic rings. The number of aliphatic hydroxyl groups excluding tert-OH is 1. The lowest BCUT2D eigenvalue weighted by Crippen LogP contribution is -2.55. The molecule has 0 aliphatic carbocycles. The van der Waals surface area contributed by atoms with Gasteiger partial charge in [0.15, 0.2) is 17.2 Å². The Morgan fingerprint density at radius 3 is 2.64 bits per heavy atom. The number of hydrogen-bond donors (Lipinski definition) is 3. The highest BCUT2D eigenvalue weighted by Gasteiger charge is 2.30. The zero-order valence-electron chi connectivity index (χ0n) is 23.5. The summed E-state index contributed by atoms with van der Waals surface area (Å²) in [6, 6.07) is 4.73. The minimum Gasteiger partial charge on any atom is -0.504 e. The second kappa shape index (κ2) is 11.8. The Bertz CT molecular complexity index is 1720. The summed E-state index contributed by atoms with van der Waals surface area (Å²) < 4.78 is 36.5. The summed E-state index contributed by atoms with van der Waals surface area (Å²) in [7, 11) is 0. The summed E-state index contributed by atoms with van der Waals surface area (Å²) in [6.07, 6.45) is 1.53. The van der Waals surface area contributed by atoms with Crippen LogP contribution < -0.4 is 20.6 Å². The summed E-state index contributed by atoms with van der Waals surface area (Å²) in [5, 5.41) is 23.6. The summed E-state index contributed by atoms with van der Waals surface area (Å²) >= 11 is 6.66. The van der Waals surface area contributed by atoms with Crippen LogP contribution in [0.3, 0.4) is 0 Å². The normalized spacial score (nSPS) is 17.3. The maximum atomic E-state index is 15.1. The molecule has 0 spiro atoms. The molecule has 1 fully saturated rings. The minimum absolute atomic E-state index is 0.0228. The molecule has 3 aromatic heterocycles. The van der Waals surface area contributed by atoms with Gasteiger partial charge in [-0.05, 0) is 38.0 Å². The van der Waals surface area contributed by atoms with Gasteiger partial charge in [-0.2, -0.15) is 4.98 Å². The van der Waals surface area contributed by atoms with Gasteiger partial charge < -0.3 is 25.2 Å². The lowest BCUT2D eigenvalue weighted by Gasteiger charge is -2.38. The Hall–Kier alpha value is -3.87. The molecule has 0 amide bonds. The van der Waals surface area contributed by atoms with Crippen molar-refractivity contribution in [2.75, 3.05) is 31.2 Å². The van der Waals surface area contributed by atoms with Gasteiger partial charge in [0.2, 0.25) is 0 Å². The van der Waals surface area contributed by atoms with Crippen molar-refractivity contribution in [3.05, 3.63) is 63.3 Å². The quantitative estimate of drug-likeness (QED) is 0.287. The van der Waals surface area contributed by atoms with Crippen LogP contribution in [0.15, 0.2) is 35.3 Å². The van der Waals surface area contributed by atoms with E-state index >= 15 is 4.39 Å². The standard InChI is InChI=1S/C29H31ClF2N6O4/c1-14(2)23-25(21(7-8-33-23)42-10-9-39)38-28-17(27(36-29(38)41)37-13-15(3)34-12-16(37)4)11-18(30)24(35-28)22-19(31)5-6-20(32)26(22)40/h5-8,11,14-16,34,39-40H,9-10,12-13H2,1-4H3/t15-,16+/m1/s1. The van der Waals surface area contributed by atoms with E-state index in [1.807, 2.05) is 32.6 Å². The van der Waals surface area contributed by atoms with Gasteiger partial charge in [-0.1, -0.05) is 25.4 Å². The SMILES string of the molecule is CC(C)c1nccc(OCCO)c1-n1c(=O)nc(N2C[C@@H](C)NC[C@@H]2C)c2cc(Cl)c(-c3c(F)ccc(F)c3O)nc21. The highest BCUT2D eigenvalue weighted by atomic mass is 35.5. The van der Waals surface area contributed by atoms with Crippen LogP contribution in [0.2, 0.25) is 5.02 Å². The third-order valence-corrected chi connectivity index (χ3v) is 7.48. The Morgan fingerprint density at radius 2 is 1.93 bits per heavy atom. The predicted molar refractivity (Wildman–Crippen MR) is 156 cm³/mol. The Labute approximate surface area is 245 Å². The van der Waals surface area contributed by atoms with Crippen molar-refractivity contribution in [1.82, 2.24) is 24.8 Å². The second-order valence-electron chi connectivity index (χ2n) is 10.6. The Balaban J connectivity index is 1.92. The zero-order valence-corrected chi connectivity index (χ0v) is 24.3. The predicted octanol–water partition coefficient (Wildman–Crippen LogP) is 4.16. The van der Waals surface area contributed by atoms with E-state index in [-0.39, 0.29) is 59.0 Å². The van der Waals surface area contributed by atoms with E-state index in [0.717, 1.165) is 12.1 Å². The van der Waals surface area contributed by atoms with Crippen LogP contribution in [0.4, 0.5) is 14.6 Å². The number of halogens is 3. The Kier molecular flexibility index (Phi) is 8.31. The number of rotatable bonds is 7. The number of pyridine rings is 2. The van der Waals surface area contributed by atoms with Crippen LogP contribution in [-0.4, -0.2) is 68.1 Å². The molecule has 1 aliphatic heterocycles. The number of nitrogens with one attached hydrogen (secondary N) is 1. The average Bonchev–Trinajstić information content (AvgIpc) is 2.95. The third-order valence-electron chi connectivity index (χ3n) is 7.19. The molecule has 0 unspecified atom stereocenters. The highest BCUT2D eigenvalue weighted by molar-refractivity contribution is 6.34. The molecule has 4 heterocycles. The number of nitrogens with zero attached hydrogens (tertiary/aromatic N) is 5. The van der Waals surface area contributed by atoms with Crippen LogP contribution >= 0.6 is 11.6 Å². The number of piperazine rings is 1. The first-order valence-electron chi connectivity index (χ1n) is 13.6. The molecule has 0 bridgehead atoms. The number of aromatic nitrogens is 4. The molecule has 1 aromatic carbocycles. The van der Waals surface area contributed by atoms with E-state index in [1.54, 1.807) is 6.07 Å². The molecule has 5 rings (SSSR count). The number of benzene rings is 1. The van der Waals surface area contributed by atoms with Gasteiger partial charge in [-0.25, -0.2) is 23.1 Å².